The molecule has 1 amide bonds. The fourth-order valence-electron chi connectivity index (χ4n) is 4.18. The third-order valence-electron chi connectivity index (χ3n) is 5.88. The molecule has 4 rings (SSSR count). The summed E-state index contributed by atoms with van der Waals surface area (Å²) in [6.07, 6.45) is 2.33. The smallest absolute Gasteiger partial charge is 0.337 e. The van der Waals surface area contributed by atoms with Crippen LogP contribution in [0.3, 0.4) is 0 Å². The molecule has 0 spiro atoms. The Bertz CT molecular complexity index is 1310. The van der Waals surface area contributed by atoms with Crippen molar-refractivity contribution in [3.8, 4) is 0 Å². The summed E-state index contributed by atoms with van der Waals surface area (Å²) in [5.41, 5.74) is 3.06. The van der Waals surface area contributed by atoms with Crippen molar-refractivity contribution < 1.29 is 14.3 Å². The summed E-state index contributed by atoms with van der Waals surface area (Å²) in [4.78, 5) is 42.3. The second kappa shape index (κ2) is 9.99. The lowest BCUT2D eigenvalue weighted by Gasteiger charge is -2.31. The first-order valence-corrected chi connectivity index (χ1v) is 11.3. The number of methoxy groups -OCH3 is 1. The predicted molar refractivity (Wildman–Crippen MR) is 129 cm³/mol. The Morgan fingerprint density at radius 2 is 2.00 bits per heavy atom. The molecule has 0 bridgehead atoms. The van der Waals surface area contributed by atoms with Crippen molar-refractivity contribution >= 4 is 40.7 Å². The van der Waals surface area contributed by atoms with Crippen LogP contribution in [0.5, 0.6) is 0 Å². The van der Waals surface area contributed by atoms with E-state index in [0.29, 0.717) is 23.0 Å². The van der Waals surface area contributed by atoms with Gasteiger partial charge in [-0.05, 0) is 54.9 Å². The molecule has 0 radical (unpaired) electrons. The van der Waals surface area contributed by atoms with Gasteiger partial charge in [0, 0.05) is 38.3 Å². The van der Waals surface area contributed by atoms with Gasteiger partial charge in [-0.1, -0.05) is 18.2 Å². The van der Waals surface area contributed by atoms with Crippen LogP contribution >= 0.6 is 12.2 Å². The number of esters is 1. The Kier molecular flexibility index (Phi) is 6.88. The number of fused-ring (bicyclic) bond motifs is 2. The van der Waals surface area contributed by atoms with Crippen molar-refractivity contribution in [1.29, 1.82) is 0 Å². The normalized spacial score (nSPS) is 12.9. The SMILES string of the molecule is COC(=O)c1ccc2c(=O)n(CCC(=O)NCCN3CCCc4ccccc43)c(=S)[nH]c2c1. The predicted octanol–water partition coefficient (Wildman–Crippen LogP) is 2.80. The summed E-state index contributed by atoms with van der Waals surface area (Å²) in [6.45, 7) is 2.41. The second-order valence-corrected chi connectivity index (χ2v) is 8.34. The number of H-pyrrole nitrogens is 1. The number of anilines is 1. The number of rotatable bonds is 7. The summed E-state index contributed by atoms with van der Waals surface area (Å²) in [7, 11) is 1.29. The maximum absolute atomic E-state index is 12.9. The van der Waals surface area contributed by atoms with Crippen LogP contribution in [0.25, 0.3) is 10.9 Å². The largest absolute Gasteiger partial charge is 0.465 e. The van der Waals surface area contributed by atoms with E-state index in [1.54, 1.807) is 6.07 Å². The summed E-state index contributed by atoms with van der Waals surface area (Å²) < 4.78 is 6.28. The van der Waals surface area contributed by atoms with Gasteiger partial charge in [-0.15, -0.1) is 0 Å². The van der Waals surface area contributed by atoms with Crippen LogP contribution in [0, 0.1) is 4.77 Å². The van der Waals surface area contributed by atoms with Crippen molar-refractivity contribution in [2.45, 2.75) is 25.8 Å². The van der Waals surface area contributed by atoms with Crippen LogP contribution in [0.4, 0.5) is 5.69 Å². The minimum absolute atomic E-state index is 0.136. The number of aromatic nitrogens is 2. The van der Waals surface area contributed by atoms with Gasteiger partial charge in [-0.3, -0.25) is 14.2 Å². The van der Waals surface area contributed by atoms with Crippen molar-refractivity contribution in [2.75, 3.05) is 31.6 Å². The van der Waals surface area contributed by atoms with Crippen LogP contribution < -0.4 is 15.8 Å². The Balaban J connectivity index is 1.36. The third kappa shape index (κ3) is 4.98. The third-order valence-corrected chi connectivity index (χ3v) is 6.20. The highest BCUT2D eigenvalue weighted by molar-refractivity contribution is 7.71. The molecule has 0 atom stereocenters. The molecule has 0 saturated heterocycles. The summed E-state index contributed by atoms with van der Waals surface area (Å²) in [5, 5.41) is 3.33. The zero-order chi connectivity index (χ0) is 23.4. The topological polar surface area (TPSA) is 96.4 Å². The van der Waals surface area contributed by atoms with Crippen LogP contribution in [0.1, 0.15) is 28.8 Å². The molecular formula is C24H26N4O4S. The van der Waals surface area contributed by atoms with Crippen molar-refractivity contribution in [1.82, 2.24) is 14.9 Å². The molecule has 1 aliphatic heterocycles. The van der Waals surface area contributed by atoms with E-state index in [-0.39, 0.29) is 29.2 Å². The number of hydrogen-bond acceptors (Lipinski definition) is 6. The molecule has 3 aromatic rings. The fraction of sp³-hybridized carbons (Fsp3) is 0.333. The molecule has 0 aliphatic carbocycles. The van der Waals surface area contributed by atoms with E-state index in [1.807, 2.05) is 6.07 Å². The Morgan fingerprint density at radius 1 is 1.18 bits per heavy atom. The van der Waals surface area contributed by atoms with Gasteiger partial charge in [0.1, 0.15) is 0 Å². The minimum Gasteiger partial charge on any atom is -0.465 e. The molecule has 2 aromatic carbocycles. The number of amides is 1. The average Bonchev–Trinajstić information content (AvgIpc) is 2.83. The van der Waals surface area contributed by atoms with E-state index in [9.17, 15) is 14.4 Å². The molecule has 172 valence electrons. The minimum atomic E-state index is -0.495. The Labute approximate surface area is 196 Å². The van der Waals surface area contributed by atoms with E-state index in [1.165, 1.54) is 35.1 Å². The monoisotopic (exact) mass is 466 g/mol. The molecule has 0 fully saturated rings. The quantitative estimate of drug-likeness (QED) is 0.411. The van der Waals surface area contributed by atoms with Crippen LogP contribution in [0.2, 0.25) is 0 Å². The maximum atomic E-state index is 12.9. The van der Waals surface area contributed by atoms with Gasteiger partial charge in [0.2, 0.25) is 5.91 Å². The van der Waals surface area contributed by atoms with E-state index in [4.69, 9.17) is 17.0 Å². The van der Waals surface area contributed by atoms with Crippen LogP contribution in [0.15, 0.2) is 47.3 Å². The molecule has 2 N–H and O–H groups in total. The number of hydrogen-bond donors (Lipinski definition) is 2. The maximum Gasteiger partial charge on any atom is 0.337 e. The van der Waals surface area contributed by atoms with Crippen molar-refractivity contribution in [2.24, 2.45) is 0 Å². The average molecular weight is 467 g/mol. The number of nitrogens with zero attached hydrogens (tertiary/aromatic N) is 2. The highest BCUT2D eigenvalue weighted by Crippen LogP contribution is 2.26. The lowest BCUT2D eigenvalue weighted by atomic mass is 10.0. The fourth-order valence-corrected chi connectivity index (χ4v) is 4.46. The lowest BCUT2D eigenvalue weighted by Crippen LogP contribution is -2.38. The highest BCUT2D eigenvalue weighted by Gasteiger charge is 2.16. The molecule has 33 heavy (non-hydrogen) atoms. The van der Waals surface area contributed by atoms with Gasteiger partial charge < -0.3 is 19.9 Å². The number of benzene rings is 2. The number of nitrogens with one attached hydrogen (secondary N) is 2. The lowest BCUT2D eigenvalue weighted by molar-refractivity contribution is -0.121. The molecule has 9 heteroatoms. The highest BCUT2D eigenvalue weighted by atomic mass is 32.1. The van der Waals surface area contributed by atoms with Crippen molar-refractivity contribution in [3.05, 3.63) is 68.7 Å². The van der Waals surface area contributed by atoms with Gasteiger partial charge in [0.15, 0.2) is 4.77 Å². The number of para-hydroxylation sites is 1. The zero-order valence-electron chi connectivity index (χ0n) is 18.4. The van der Waals surface area contributed by atoms with E-state index >= 15 is 0 Å². The molecular weight excluding hydrogens is 440 g/mol. The van der Waals surface area contributed by atoms with Gasteiger partial charge in [-0.2, -0.15) is 0 Å². The van der Waals surface area contributed by atoms with Crippen LogP contribution in [-0.4, -0.2) is 48.2 Å². The van der Waals surface area contributed by atoms with Crippen molar-refractivity contribution in [3.63, 3.8) is 0 Å². The Morgan fingerprint density at radius 3 is 2.82 bits per heavy atom. The summed E-state index contributed by atoms with van der Waals surface area (Å²) in [5.74, 6) is -0.632. The summed E-state index contributed by atoms with van der Waals surface area (Å²) >= 11 is 5.32. The van der Waals surface area contributed by atoms with Gasteiger partial charge in [-0.25, -0.2) is 4.79 Å². The first kappa shape index (κ1) is 22.7. The number of ether oxygens (including phenoxy) is 1. The molecule has 1 aliphatic rings. The van der Waals surface area contributed by atoms with Crippen LogP contribution in [-0.2, 0) is 22.5 Å². The molecule has 0 saturated carbocycles. The van der Waals surface area contributed by atoms with E-state index < -0.39 is 5.97 Å². The first-order valence-electron chi connectivity index (χ1n) is 10.9. The Hall–Kier alpha value is -3.46. The summed E-state index contributed by atoms with van der Waals surface area (Å²) in [6, 6.07) is 13.0. The second-order valence-electron chi connectivity index (χ2n) is 7.96. The van der Waals surface area contributed by atoms with E-state index in [0.717, 1.165) is 25.9 Å². The molecule has 0 unspecified atom stereocenters. The number of aryl methyl sites for hydroxylation is 1. The number of carbonyl (C=O) groups is 2. The van der Waals surface area contributed by atoms with Gasteiger partial charge >= 0.3 is 5.97 Å². The zero-order valence-corrected chi connectivity index (χ0v) is 19.2. The van der Waals surface area contributed by atoms with E-state index in [2.05, 4.69) is 33.4 Å². The standard InChI is InChI=1S/C24H26N4O4S/c1-32-23(31)17-8-9-18-19(15-17)26-24(33)28(22(18)30)13-10-21(29)25-11-14-27-12-4-6-16-5-2-3-7-20(16)27/h2-3,5,7-9,15H,4,6,10-14H2,1H3,(H,25,29)(H,26,33). The number of aromatic amines is 1. The van der Waals surface area contributed by atoms with Gasteiger partial charge in [0.25, 0.3) is 5.56 Å². The van der Waals surface area contributed by atoms with Gasteiger partial charge in [0.05, 0.1) is 23.6 Å². The number of carbonyl (C=O) groups excluding carboxylic acids is 2. The first-order chi connectivity index (χ1) is 16.0. The molecule has 8 nitrogen and oxygen atoms in total. The molecule has 2 heterocycles. The molecule has 1 aromatic heterocycles.